The fourth-order valence-corrected chi connectivity index (χ4v) is 2.82. The van der Waals surface area contributed by atoms with Gasteiger partial charge in [-0.1, -0.05) is 6.07 Å². The molecule has 0 unspecified atom stereocenters. The number of benzene rings is 1. The first-order valence-electron chi connectivity index (χ1n) is 5.70. The van der Waals surface area contributed by atoms with Crippen LogP contribution in [-0.2, 0) is 14.8 Å². The zero-order valence-electron chi connectivity index (χ0n) is 10.2. The highest BCUT2D eigenvalue weighted by atomic mass is 32.2. The van der Waals surface area contributed by atoms with Crippen molar-refractivity contribution in [3.63, 3.8) is 0 Å². The highest BCUT2D eigenvalue weighted by Crippen LogP contribution is 2.17. The molecule has 1 heterocycles. The predicted octanol–water partition coefficient (Wildman–Crippen LogP) is 0.103. The first-order chi connectivity index (χ1) is 8.49. The smallest absolute Gasteiger partial charge is 0.253 e. The number of hydrazine groups is 1. The average molecular weight is 271 g/mol. The number of sulfonamides is 1. The van der Waals surface area contributed by atoms with Crippen LogP contribution in [0.3, 0.4) is 0 Å². The molecule has 0 radical (unpaired) electrons. The molecule has 1 saturated heterocycles. The quantitative estimate of drug-likeness (QED) is 0.762. The van der Waals surface area contributed by atoms with E-state index in [0.717, 1.165) is 5.56 Å². The topological polar surface area (TPSA) is 84.7 Å². The van der Waals surface area contributed by atoms with Crippen LogP contribution in [0.15, 0.2) is 23.1 Å². The Hall–Kier alpha value is -1.15. The van der Waals surface area contributed by atoms with Gasteiger partial charge in [0.1, 0.15) is 0 Å². The van der Waals surface area contributed by atoms with Crippen molar-refractivity contribution in [2.24, 2.45) is 0 Å². The van der Waals surface area contributed by atoms with Crippen LogP contribution in [0.4, 0.5) is 5.69 Å². The Morgan fingerprint density at radius 1 is 1.33 bits per heavy atom. The third-order valence-electron chi connectivity index (χ3n) is 2.82. The largest absolute Gasteiger partial charge is 0.398 e. The van der Waals surface area contributed by atoms with Crippen LogP contribution < -0.4 is 10.6 Å². The molecule has 0 aliphatic carbocycles. The van der Waals surface area contributed by atoms with E-state index < -0.39 is 10.0 Å². The number of anilines is 1. The molecular formula is C11H17N3O3S. The molecule has 3 N–H and O–H groups in total. The molecule has 100 valence electrons. The summed E-state index contributed by atoms with van der Waals surface area (Å²) >= 11 is 0. The molecule has 0 bridgehead atoms. The second kappa shape index (κ2) is 5.23. The van der Waals surface area contributed by atoms with Gasteiger partial charge in [0, 0.05) is 18.8 Å². The van der Waals surface area contributed by atoms with E-state index in [1.807, 2.05) is 6.92 Å². The normalized spacial score (nSPS) is 17.8. The highest BCUT2D eigenvalue weighted by molar-refractivity contribution is 7.89. The number of nitrogens with one attached hydrogen (secondary N) is 1. The van der Waals surface area contributed by atoms with Crippen LogP contribution >= 0.6 is 0 Å². The maximum Gasteiger partial charge on any atom is 0.253 e. The van der Waals surface area contributed by atoms with Gasteiger partial charge >= 0.3 is 0 Å². The van der Waals surface area contributed by atoms with Crippen molar-refractivity contribution in [2.45, 2.75) is 11.8 Å². The Balaban J connectivity index is 2.16. The van der Waals surface area contributed by atoms with E-state index in [1.54, 1.807) is 17.1 Å². The molecule has 0 atom stereocenters. The third kappa shape index (κ3) is 2.99. The van der Waals surface area contributed by atoms with E-state index in [1.165, 1.54) is 6.07 Å². The Labute approximate surface area is 107 Å². The summed E-state index contributed by atoms with van der Waals surface area (Å²) < 4.78 is 29.4. The summed E-state index contributed by atoms with van der Waals surface area (Å²) in [5, 5.41) is 1.63. The highest BCUT2D eigenvalue weighted by Gasteiger charge is 2.20. The monoisotopic (exact) mass is 271 g/mol. The number of ether oxygens (including phenoxy) is 1. The number of rotatable bonds is 3. The fourth-order valence-electron chi connectivity index (χ4n) is 1.66. The van der Waals surface area contributed by atoms with E-state index in [2.05, 4.69) is 4.83 Å². The number of morpholine rings is 1. The van der Waals surface area contributed by atoms with Gasteiger partial charge in [-0.3, -0.25) is 0 Å². The average Bonchev–Trinajstić information content (AvgIpc) is 2.33. The number of nitrogens with zero attached hydrogens (tertiary/aromatic N) is 1. The second-order valence-corrected chi connectivity index (χ2v) is 5.87. The molecule has 1 aromatic carbocycles. The van der Waals surface area contributed by atoms with Crippen LogP contribution in [0, 0.1) is 6.92 Å². The maximum atomic E-state index is 12.1. The molecule has 6 nitrogen and oxygen atoms in total. The molecule has 1 aliphatic rings. The summed E-state index contributed by atoms with van der Waals surface area (Å²) in [7, 11) is -3.56. The third-order valence-corrected chi connectivity index (χ3v) is 4.19. The number of nitrogen functional groups attached to an aromatic ring is 1. The number of aryl methyl sites for hydroxylation is 1. The zero-order chi connectivity index (χ0) is 13.2. The predicted molar refractivity (Wildman–Crippen MR) is 68.3 cm³/mol. The summed E-state index contributed by atoms with van der Waals surface area (Å²) in [4.78, 5) is 2.71. The van der Waals surface area contributed by atoms with Crippen molar-refractivity contribution >= 4 is 15.7 Å². The Kier molecular flexibility index (Phi) is 3.86. The molecule has 0 spiro atoms. The van der Waals surface area contributed by atoms with Gasteiger partial charge in [0.15, 0.2) is 0 Å². The van der Waals surface area contributed by atoms with Crippen LogP contribution in [0.25, 0.3) is 0 Å². The van der Waals surface area contributed by atoms with E-state index in [-0.39, 0.29) is 4.90 Å². The Morgan fingerprint density at radius 2 is 2.00 bits per heavy atom. The van der Waals surface area contributed by atoms with Gasteiger partial charge in [-0.2, -0.15) is 0 Å². The molecule has 2 rings (SSSR count). The summed E-state index contributed by atoms with van der Waals surface area (Å²) in [5.74, 6) is 0. The van der Waals surface area contributed by atoms with Gasteiger partial charge < -0.3 is 10.5 Å². The molecule has 7 heteroatoms. The van der Waals surface area contributed by atoms with E-state index in [0.29, 0.717) is 32.0 Å². The van der Waals surface area contributed by atoms with E-state index >= 15 is 0 Å². The van der Waals surface area contributed by atoms with Crippen LogP contribution in [-0.4, -0.2) is 39.7 Å². The summed E-state index contributed by atoms with van der Waals surface area (Å²) in [5.41, 5.74) is 7.06. The summed E-state index contributed by atoms with van der Waals surface area (Å²) in [6, 6.07) is 4.72. The molecule has 1 aliphatic heterocycles. The van der Waals surface area contributed by atoms with Gasteiger partial charge in [0.05, 0.1) is 18.1 Å². The van der Waals surface area contributed by atoms with Crippen molar-refractivity contribution in [1.29, 1.82) is 0 Å². The van der Waals surface area contributed by atoms with Crippen molar-refractivity contribution in [3.05, 3.63) is 23.8 Å². The first-order valence-corrected chi connectivity index (χ1v) is 7.18. The molecule has 0 saturated carbocycles. The van der Waals surface area contributed by atoms with Crippen molar-refractivity contribution in [1.82, 2.24) is 9.84 Å². The Bertz CT molecular complexity index is 524. The lowest BCUT2D eigenvalue weighted by molar-refractivity contribution is 0.0272. The minimum atomic E-state index is -3.56. The van der Waals surface area contributed by atoms with Crippen molar-refractivity contribution in [3.8, 4) is 0 Å². The van der Waals surface area contributed by atoms with E-state index in [4.69, 9.17) is 10.5 Å². The van der Waals surface area contributed by atoms with E-state index in [9.17, 15) is 8.42 Å². The van der Waals surface area contributed by atoms with Gasteiger partial charge in [0.25, 0.3) is 10.0 Å². The minimum Gasteiger partial charge on any atom is -0.398 e. The standard InChI is InChI=1S/C11H17N3O3S/c1-9-2-3-10(8-11(9)12)18(15,16)13-14-4-6-17-7-5-14/h2-3,8,13H,4-7,12H2,1H3. The van der Waals surface area contributed by atoms with Crippen LogP contribution in [0.1, 0.15) is 5.56 Å². The fraction of sp³-hybridized carbons (Fsp3) is 0.455. The minimum absolute atomic E-state index is 0.178. The molecule has 0 amide bonds. The number of hydrogen-bond acceptors (Lipinski definition) is 5. The lowest BCUT2D eigenvalue weighted by Crippen LogP contribution is -2.48. The van der Waals surface area contributed by atoms with Crippen LogP contribution in [0.2, 0.25) is 0 Å². The Morgan fingerprint density at radius 3 is 2.61 bits per heavy atom. The van der Waals surface area contributed by atoms with Gasteiger partial charge in [-0.05, 0) is 24.6 Å². The van der Waals surface area contributed by atoms with Crippen LogP contribution in [0.5, 0.6) is 0 Å². The maximum absolute atomic E-state index is 12.1. The lowest BCUT2D eigenvalue weighted by atomic mass is 10.2. The van der Waals surface area contributed by atoms with Gasteiger partial charge in [-0.25, -0.2) is 13.4 Å². The van der Waals surface area contributed by atoms with Gasteiger partial charge in [-0.15, -0.1) is 4.83 Å². The molecule has 0 aromatic heterocycles. The number of nitrogens with two attached hydrogens (primary N) is 1. The molecular weight excluding hydrogens is 254 g/mol. The number of hydrogen-bond donors (Lipinski definition) is 2. The zero-order valence-corrected chi connectivity index (χ0v) is 11.0. The molecule has 1 aromatic rings. The van der Waals surface area contributed by atoms with Crippen molar-refractivity contribution < 1.29 is 13.2 Å². The van der Waals surface area contributed by atoms with Gasteiger partial charge in [0.2, 0.25) is 0 Å². The molecule has 18 heavy (non-hydrogen) atoms. The van der Waals surface area contributed by atoms with Crippen molar-refractivity contribution in [2.75, 3.05) is 32.0 Å². The summed E-state index contributed by atoms with van der Waals surface area (Å²) in [6.07, 6.45) is 0. The molecule has 1 fully saturated rings. The first kappa shape index (κ1) is 13.3. The summed E-state index contributed by atoms with van der Waals surface area (Å²) in [6.45, 7) is 3.97. The lowest BCUT2D eigenvalue weighted by Gasteiger charge is -2.26. The second-order valence-electron chi connectivity index (χ2n) is 4.21. The SMILES string of the molecule is Cc1ccc(S(=O)(=O)NN2CCOCC2)cc1N.